The molecular formula is C12H15N5O2. The Morgan fingerprint density at radius 2 is 2.42 bits per heavy atom. The fourth-order valence-electron chi connectivity index (χ4n) is 1.57. The van der Waals surface area contributed by atoms with Crippen molar-refractivity contribution in [3.63, 3.8) is 0 Å². The number of methoxy groups -OCH3 is 1. The number of anilines is 2. The van der Waals surface area contributed by atoms with Gasteiger partial charge in [0.25, 0.3) is 0 Å². The second-order valence-corrected chi connectivity index (χ2v) is 3.88. The summed E-state index contributed by atoms with van der Waals surface area (Å²) in [6, 6.07) is 3.24. The molecule has 100 valence electrons. The number of rotatable bonds is 5. The lowest BCUT2D eigenvalue weighted by molar-refractivity contribution is 0.0600. The van der Waals surface area contributed by atoms with Crippen LogP contribution < -0.4 is 11.1 Å². The van der Waals surface area contributed by atoms with Crippen LogP contribution in [0.5, 0.6) is 0 Å². The maximum absolute atomic E-state index is 11.4. The second-order valence-electron chi connectivity index (χ2n) is 3.88. The van der Waals surface area contributed by atoms with Crippen LogP contribution in [-0.4, -0.2) is 34.4 Å². The molecule has 0 aliphatic carbocycles. The SMILES string of the molecule is COC(=O)c1ccnc(NCCn2cc(N)cn2)c1. The predicted molar refractivity (Wildman–Crippen MR) is 70.7 cm³/mol. The molecular weight excluding hydrogens is 246 g/mol. The summed E-state index contributed by atoms with van der Waals surface area (Å²) in [4.78, 5) is 15.5. The molecule has 0 aromatic carbocycles. The van der Waals surface area contributed by atoms with E-state index < -0.39 is 0 Å². The summed E-state index contributed by atoms with van der Waals surface area (Å²) in [5, 5.41) is 7.16. The van der Waals surface area contributed by atoms with Gasteiger partial charge in [-0.1, -0.05) is 0 Å². The zero-order valence-electron chi connectivity index (χ0n) is 10.5. The third kappa shape index (κ3) is 3.44. The van der Waals surface area contributed by atoms with Gasteiger partial charge in [-0.25, -0.2) is 9.78 Å². The molecule has 2 aromatic heterocycles. The molecule has 0 unspecified atom stereocenters. The van der Waals surface area contributed by atoms with E-state index in [-0.39, 0.29) is 5.97 Å². The highest BCUT2D eigenvalue weighted by atomic mass is 16.5. The summed E-state index contributed by atoms with van der Waals surface area (Å²) in [5.74, 6) is 0.230. The van der Waals surface area contributed by atoms with Crippen LogP contribution in [0.2, 0.25) is 0 Å². The average Bonchev–Trinajstić information content (AvgIpc) is 2.84. The van der Waals surface area contributed by atoms with Gasteiger partial charge in [0.1, 0.15) is 5.82 Å². The molecule has 0 atom stereocenters. The lowest BCUT2D eigenvalue weighted by atomic mass is 10.2. The monoisotopic (exact) mass is 261 g/mol. The van der Waals surface area contributed by atoms with Gasteiger partial charge in [0, 0.05) is 18.9 Å². The minimum absolute atomic E-state index is 0.384. The third-order valence-corrected chi connectivity index (χ3v) is 2.48. The molecule has 2 aromatic rings. The number of carbonyl (C=O) groups excluding carboxylic acids is 1. The Hall–Kier alpha value is -2.57. The Kier molecular flexibility index (Phi) is 3.97. The van der Waals surface area contributed by atoms with E-state index in [2.05, 4.69) is 20.1 Å². The van der Waals surface area contributed by atoms with Crippen molar-refractivity contribution in [2.45, 2.75) is 6.54 Å². The van der Waals surface area contributed by atoms with Gasteiger partial charge in [-0.2, -0.15) is 5.10 Å². The third-order valence-electron chi connectivity index (χ3n) is 2.48. The summed E-state index contributed by atoms with van der Waals surface area (Å²) in [6.07, 6.45) is 4.90. The standard InChI is InChI=1S/C12H15N5O2/c1-19-12(18)9-2-3-14-11(6-9)15-4-5-17-8-10(13)7-16-17/h2-3,6-8H,4-5,13H2,1H3,(H,14,15). The zero-order valence-corrected chi connectivity index (χ0v) is 10.5. The summed E-state index contributed by atoms with van der Waals surface area (Å²) in [7, 11) is 1.35. The minimum atomic E-state index is -0.384. The molecule has 7 nitrogen and oxygen atoms in total. The normalized spacial score (nSPS) is 10.2. The first-order valence-corrected chi connectivity index (χ1v) is 5.75. The topological polar surface area (TPSA) is 95.1 Å². The van der Waals surface area contributed by atoms with E-state index in [0.29, 0.717) is 30.2 Å². The van der Waals surface area contributed by atoms with Gasteiger partial charge < -0.3 is 15.8 Å². The van der Waals surface area contributed by atoms with Gasteiger partial charge >= 0.3 is 5.97 Å². The molecule has 0 fully saturated rings. The van der Waals surface area contributed by atoms with Gasteiger partial charge in [0.2, 0.25) is 0 Å². The van der Waals surface area contributed by atoms with Crippen molar-refractivity contribution in [2.24, 2.45) is 0 Å². The Bertz CT molecular complexity index is 567. The Balaban J connectivity index is 1.90. The van der Waals surface area contributed by atoms with Gasteiger partial charge in [-0.3, -0.25) is 4.68 Å². The van der Waals surface area contributed by atoms with Crippen molar-refractivity contribution in [1.82, 2.24) is 14.8 Å². The van der Waals surface area contributed by atoms with Crippen LogP contribution in [0.3, 0.4) is 0 Å². The summed E-state index contributed by atoms with van der Waals surface area (Å²) >= 11 is 0. The van der Waals surface area contributed by atoms with Crippen LogP contribution >= 0.6 is 0 Å². The molecule has 0 bridgehead atoms. The maximum atomic E-state index is 11.4. The number of nitrogens with two attached hydrogens (primary N) is 1. The quantitative estimate of drug-likeness (QED) is 0.771. The molecule has 19 heavy (non-hydrogen) atoms. The molecule has 0 saturated carbocycles. The highest BCUT2D eigenvalue weighted by molar-refractivity contribution is 5.89. The van der Waals surface area contributed by atoms with E-state index in [9.17, 15) is 4.79 Å². The highest BCUT2D eigenvalue weighted by Crippen LogP contribution is 2.07. The molecule has 0 aliphatic rings. The van der Waals surface area contributed by atoms with Crippen molar-refractivity contribution in [2.75, 3.05) is 24.7 Å². The van der Waals surface area contributed by atoms with Crippen molar-refractivity contribution in [3.8, 4) is 0 Å². The number of aromatic nitrogens is 3. The molecule has 2 rings (SSSR count). The van der Waals surface area contributed by atoms with Crippen molar-refractivity contribution in [1.29, 1.82) is 0 Å². The Morgan fingerprint density at radius 3 is 3.11 bits per heavy atom. The van der Waals surface area contributed by atoms with E-state index in [1.54, 1.807) is 35.4 Å². The van der Waals surface area contributed by atoms with Crippen molar-refractivity contribution in [3.05, 3.63) is 36.3 Å². The smallest absolute Gasteiger partial charge is 0.338 e. The number of nitrogens with zero attached hydrogens (tertiary/aromatic N) is 3. The van der Waals surface area contributed by atoms with Gasteiger partial charge in [-0.05, 0) is 12.1 Å². The van der Waals surface area contributed by atoms with Gasteiger partial charge in [-0.15, -0.1) is 0 Å². The lowest BCUT2D eigenvalue weighted by Gasteiger charge is -2.06. The van der Waals surface area contributed by atoms with Crippen LogP contribution in [0.15, 0.2) is 30.7 Å². The van der Waals surface area contributed by atoms with Gasteiger partial charge in [0.15, 0.2) is 0 Å². The van der Waals surface area contributed by atoms with Crippen LogP contribution in [0.1, 0.15) is 10.4 Å². The van der Waals surface area contributed by atoms with E-state index in [0.717, 1.165) is 0 Å². The molecule has 2 heterocycles. The molecule has 0 radical (unpaired) electrons. The van der Waals surface area contributed by atoms with Crippen LogP contribution in [0.4, 0.5) is 11.5 Å². The van der Waals surface area contributed by atoms with Crippen molar-refractivity contribution < 1.29 is 9.53 Å². The van der Waals surface area contributed by atoms with Gasteiger partial charge in [0.05, 0.1) is 31.1 Å². The van der Waals surface area contributed by atoms with Crippen LogP contribution in [-0.2, 0) is 11.3 Å². The lowest BCUT2D eigenvalue weighted by Crippen LogP contribution is -2.12. The molecule has 0 spiro atoms. The average molecular weight is 261 g/mol. The van der Waals surface area contributed by atoms with E-state index >= 15 is 0 Å². The fraction of sp³-hybridized carbons (Fsp3) is 0.250. The van der Waals surface area contributed by atoms with E-state index in [4.69, 9.17) is 5.73 Å². The molecule has 3 N–H and O–H groups in total. The first-order chi connectivity index (χ1) is 9.19. The van der Waals surface area contributed by atoms with Crippen LogP contribution in [0, 0.1) is 0 Å². The highest BCUT2D eigenvalue weighted by Gasteiger charge is 2.06. The first kappa shape index (κ1) is 12.9. The molecule has 0 amide bonds. The maximum Gasteiger partial charge on any atom is 0.338 e. The number of hydrogen-bond acceptors (Lipinski definition) is 6. The summed E-state index contributed by atoms with van der Waals surface area (Å²) in [5.41, 5.74) is 6.65. The molecule has 0 aliphatic heterocycles. The Morgan fingerprint density at radius 1 is 1.58 bits per heavy atom. The number of nitrogen functional groups attached to an aromatic ring is 1. The van der Waals surface area contributed by atoms with Crippen molar-refractivity contribution >= 4 is 17.5 Å². The number of hydrogen-bond donors (Lipinski definition) is 2. The number of ether oxygens (including phenoxy) is 1. The number of pyridine rings is 1. The van der Waals surface area contributed by atoms with E-state index in [1.165, 1.54) is 7.11 Å². The number of carbonyl (C=O) groups is 1. The number of nitrogens with one attached hydrogen (secondary N) is 1. The summed E-state index contributed by atoms with van der Waals surface area (Å²) < 4.78 is 6.37. The number of esters is 1. The fourth-order valence-corrected chi connectivity index (χ4v) is 1.57. The van der Waals surface area contributed by atoms with E-state index in [1.807, 2.05) is 0 Å². The predicted octanol–water partition coefficient (Wildman–Crippen LogP) is 0.759. The largest absolute Gasteiger partial charge is 0.465 e. The Labute approximate surface area is 110 Å². The minimum Gasteiger partial charge on any atom is -0.465 e. The summed E-state index contributed by atoms with van der Waals surface area (Å²) in [6.45, 7) is 1.28. The molecule has 7 heteroatoms. The second kappa shape index (κ2) is 5.85. The zero-order chi connectivity index (χ0) is 13.7. The van der Waals surface area contributed by atoms with Crippen LogP contribution in [0.25, 0.3) is 0 Å². The first-order valence-electron chi connectivity index (χ1n) is 5.75. The molecule has 0 saturated heterocycles.